The Balaban J connectivity index is 2.24. The molecule has 0 radical (unpaired) electrons. The lowest BCUT2D eigenvalue weighted by Crippen LogP contribution is -2.35. The number of nitrogens with zero attached hydrogens (tertiary/aromatic N) is 1. The van der Waals surface area contributed by atoms with E-state index < -0.39 is 0 Å². The van der Waals surface area contributed by atoms with Gasteiger partial charge in [0.2, 0.25) is 0 Å². The van der Waals surface area contributed by atoms with Crippen LogP contribution in [-0.4, -0.2) is 30.1 Å². The predicted molar refractivity (Wildman–Crippen MR) is 76.2 cm³/mol. The fraction of sp³-hybridized carbons (Fsp3) is 1.00. The van der Waals surface area contributed by atoms with E-state index in [1.807, 2.05) is 0 Å². The molecule has 0 amide bonds. The Labute approximate surface area is 108 Å². The standard InChI is InChI=1S/C15H32N2/c1-4-14(10-11-16)7-6-12-17-13(3)8-9-15(17)5-2/h13-15H,4-12,16H2,1-3H3. The Hall–Kier alpha value is -0.0800. The van der Waals surface area contributed by atoms with Gasteiger partial charge in [0.15, 0.2) is 0 Å². The quantitative estimate of drug-likeness (QED) is 0.704. The molecule has 2 nitrogen and oxygen atoms in total. The zero-order valence-corrected chi connectivity index (χ0v) is 12.1. The first-order valence-electron chi connectivity index (χ1n) is 7.68. The van der Waals surface area contributed by atoms with Crippen LogP contribution in [0.15, 0.2) is 0 Å². The summed E-state index contributed by atoms with van der Waals surface area (Å²) in [5.74, 6) is 0.859. The molecule has 2 N–H and O–H groups in total. The average molecular weight is 240 g/mol. The third-order valence-electron chi connectivity index (χ3n) is 4.61. The largest absolute Gasteiger partial charge is 0.330 e. The van der Waals surface area contributed by atoms with E-state index >= 15 is 0 Å². The molecule has 1 rings (SSSR count). The van der Waals surface area contributed by atoms with Crippen molar-refractivity contribution in [3.8, 4) is 0 Å². The summed E-state index contributed by atoms with van der Waals surface area (Å²) in [6, 6.07) is 1.68. The van der Waals surface area contributed by atoms with Gasteiger partial charge in [-0.3, -0.25) is 4.90 Å². The molecular formula is C15H32N2. The van der Waals surface area contributed by atoms with Crippen molar-refractivity contribution in [1.82, 2.24) is 4.90 Å². The van der Waals surface area contributed by atoms with Crippen LogP contribution >= 0.6 is 0 Å². The van der Waals surface area contributed by atoms with E-state index in [0.717, 1.165) is 24.5 Å². The van der Waals surface area contributed by atoms with Crippen LogP contribution in [0, 0.1) is 5.92 Å². The van der Waals surface area contributed by atoms with Crippen molar-refractivity contribution < 1.29 is 0 Å². The predicted octanol–water partition coefficient (Wildman–Crippen LogP) is 3.40. The lowest BCUT2D eigenvalue weighted by atomic mass is 9.96. The second-order valence-corrected chi connectivity index (χ2v) is 5.72. The van der Waals surface area contributed by atoms with Gasteiger partial charge >= 0.3 is 0 Å². The summed E-state index contributed by atoms with van der Waals surface area (Å²) < 4.78 is 0. The highest BCUT2D eigenvalue weighted by Crippen LogP contribution is 2.26. The topological polar surface area (TPSA) is 29.3 Å². The maximum atomic E-state index is 5.65. The van der Waals surface area contributed by atoms with E-state index in [1.54, 1.807) is 0 Å². The summed E-state index contributed by atoms with van der Waals surface area (Å²) in [6.07, 6.45) is 9.38. The van der Waals surface area contributed by atoms with E-state index in [-0.39, 0.29) is 0 Å². The first-order valence-corrected chi connectivity index (χ1v) is 7.68. The summed E-state index contributed by atoms with van der Waals surface area (Å²) in [5.41, 5.74) is 5.65. The molecule has 3 unspecified atom stereocenters. The molecule has 1 fully saturated rings. The number of nitrogens with two attached hydrogens (primary N) is 1. The Morgan fingerprint density at radius 1 is 1.24 bits per heavy atom. The minimum Gasteiger partial charge on any atom is -0.330 e. The SMILES string of the molecule is CCC(CCN)CCCN1C(C)CCC1CC. The molecule has 102 valence electrons. The summed E-state index contributed by atoms with van der Waals surface area (Å²) in [4.78, 5) is 2.75. The summed E-state index contributed by atoms with van der Waals surface area (Å²) in [5, 5.41) is 0. The molecule has 0 aromatic rings. The third kappa shape index (κ3) is 4.59. The number of hydrogen-bond donors (Lipinski definition) is 1. The smallest absolute Gasteiger partial charge is 0.00960 e. The Morgan fingerprint density at radius 3 is 2.59 bits per heavy atom. The van der Waals surface area contributed by atoms with Crippen molar-refractivity contribution in [3.63, 3.8) is 0 Å². The van der Waals surface area contributed by atoms with Crippen LogP contribution < -0.4 is 5.73 Å². The highest BCUT2D eigenvalue weighted by molar-refractivity contribution is 4.84. The van der Waals surface area contributed by atoms with Crippen molar-refractivity contribution >= 4 is 0 Å². The molecule has 1 aliphatic heterocycles. The van der Waals surface area contributed by atoms with Crippen molar-refractivity contribution in [2.45, 2.75) is 77.8 Å². The van der Waals surface area contributed by atoms with Crippen molar-refractivity contribution in [2.75, 3.05) is 13.1 Å². The molecule has 17 heavy (non-hydrogen) atoms. The molecule has 1 saturated heterocycles. The molecule has 0 spiro atoms. The van der Waals surface area contributed by atoms with Gasteiger partial charge in [0, 0.05) is 12.1 Å². The monoisotopic (exact) mass is 240 g/mol. The summed E-state index contributed by atoms with van der Waals surface area (Å²) in [7, 11) is 0. The Kier molecular flexibility index (Phi) is 7.14. The summed E-state index contributed by atoms with van der Waals surface area (Å²) >= 11 is 0. The number of hydrogen-bond acceptors (Lipinski definition) is 2. The van der Waals surface area contributed by atoms with Crippen LogP contribution in [0.25, 0.3) is 0 Å². The van der Waals surface area contributed by atoms with Crippen LogP contribution in [0.2, 0.25) is 0 Å². The van der Waals surface area contributed by atoms with Crippen LogP contribution in [0.4, 0.5) is 0 Å². The first-order chi connectivity index (χ1) is 8.22. The minimum atomic E-state index is 0.814. The molecule has 0 aromatic heterocycles. The number of rotatable bonds is 8. The average Bonchev–Trinajstić information content (AvgIpc) is 2.69. The third-order valence-corrected chi connectivity index (χ3v) is 4.61. The van der Waals surface area contributed by atoms with Gasteiger partial charge in [-0.25, -0.2) is 0 Å². The lowest BCUT2D eigenvalue weighted by Gasteiger charge is -2.28. The van der Waals surface area contributed by atoms with Crippen molar-refractivity contribution in [2.24, 2.45) is 11.7 Å². The molecule has 1 aliphatic rings. The minimum absolute atomic E-state index is 0.814. The molecule has 3 atom stereocenters. The van der Waals surface area contributed by atoms with Crippen LogP contribution in [0.5, 0.6) is 0 Å². The van der Waals surface area contributed by atoms with E-state index in [0.29, 0.717) is 0 Å². The van der Waals surface area contributed by atoms with Crippen LogP contribution in [-0.2, 0) is 0 Å². The van der Waals surface area contributed by atoms with Crippen molar-refractivity contribution in [1.29, 1.82) is 0 Å². The second kappa shape index (κ2) is 8.10. The van der Waals surface area contributed by atoms with Gasteiger partial charge < -0.3 is 5.73 Å². The van der Waals surface area contributed by atoms with E-state index in [9.17, 15) is 0 Å². The maximum Gasteiger partial charge on any atom is 0.00960 e. The van der Waals surface area contributed by atoms with Crippen LogP contribution in [0.3, 0.4) is 0 Å². The van der Waals surface area contributed by atoms with Gasteiger partial charge in [-0.15, -0.1) is 0 Å². The van der Waals surface area contributed by atoms with E-state index in [2.05, 4.69) is 25.7 Å². The molecule has 2 heteroatoms. The van der Waals surface area contributed by atoms with Crippen LogP contribution in [0.1, 0.15) is 65.7 Å². The fourth-order valence-electron chi connectivity index (χ4n) is 3.32. The molecule has 0 aliphatic carbocycles. The summed E-state index contributed by atoms with van der Waals surface area (Å²) in [6.45, 7) is 9.19. The molecule has 1 heterocycles. The van der Waals surface area contributed by atoms with Gasteiger partial charge in [0.25, 0.3) is 0 Å². The van der Waals surface area contributed by atoms with E-state index in [4.69, 9.17) is 5.73 Å². The highest BCUT2D eigenvalue weighted by Gasteiger charge is 2.28. The first kappa shape index (κ1) is 15.0. The van der Waals surface area contributed by atoms with Gasteiger partial charge in [-0.05, 0) is 64.5 Å². The molecule has 0 saturated carbocycles. The Bertz CT molecular complexity index is 193. The van der Waals surface area contributed by atoms with Crippen molar-refractivity contribution in [3.05, 3.63) is 0 Å². The highest BCUT2D eigenvalue weighted by atomic mass is 15.2. The molecule has 0 aromatic carbocycles. The lowest BCUT2D eigenvalue weighted by molar-refractivity contribution is 0.190. The molecule has 0 bridgehead atoms. The van der Waals surface area contributed by atoms with Gasteiger partial charge in [-0.2, -0.15) is 0 Å². The second-order valence-electron chi connectivity index (χ2n) is 5.72. The fourth-order valence-corrected chi connectivity index (χ4v) is 3.32. The van der Waals surface area contributed by atoms with Gasteiger partial charge in [0.05, 0.1) is 0 Å². The number of likely N-dealkylation sites (tertiary alicyclic amines) is 1. The van der Waals surface area contributed by atoms with Gasteiger partial charge in [-0.1, -0.05) is 20.3 Å². The maximum absolute atomic E-state index is 5.65. The van der Waals surface area contributed by atoms with Gasteiger partial charge in [0.1, 0.15) is 0 Å². The zero-order chi connectivity index (χ0) is 12.7. The molecular weight excluding hydrogens is 208 g/mol. The zero-order valence-electron chi connectivity index (χ0n) is 12.1. The van der Waals surface area contributed by atoms with E-state index in [1.165, 1.54) is 51.5 Å². The Morgan fingerprint density at radius 2 is 2.00 bits per heavy atom. The normalized spacial score (nSPS) is 27.5.